The molecule has 1 saturated heterocycles. The Bertz CT molecular complexity index is 695. The van der Waals surface area contributed by atoms with Crippen molar-refractivity contribution in [3.05, 3.63) is 65.5 Å². The predicted octanol–water partition coefficient (Wildman–Crippen LogP) is 3.65. The maximum atomic E-state index is 13.1. The molecule has 2 heterocycles. The highest BCUT2D eigenvalue weighted by Gasteiger charge is 2.23. The maximum absolute atomic E-state index is 13.1. The number of rotatable bonds is 4. The lowest BCUT2D eigenvalue weighted by Gasteiger charge is -2.37. The second kappa shape index (κ2) is 7.54. The van der Waals surface area contributed by atoms with Crippen molar-refractivity contribution in [1.29, 1.82) is 0 Å². The molecule has 0 spiro atoms. The Labute approximate surface area is 149 Å². The summed E-state index contributed by atoms with van der Waals surface area (Å²) in [6.45, 7) is 5.98. The minimum Gasteiger partial charge on any atom is -0.373 e. The molecule has 2 aromatic rings. The fourth-order valence-electron chi connectivity index (χ4n) is 3.90. The second-order valence-corrected chi connectivity index (χ2v) is 6.90. The number of piperazine rings is 1. The molecule has 1 atom stereocenters. The van der Waals surface area contributed by atoms with E-state index >= 15 is 0 Å². The van der Waals surface area contributed by atoms with Gasteiger partial charge in [0.15, 0.2) is 0 Å². The van der Waals surface area contributed by atoms with Gasteiger partial charge in [0.05, 0.1) is 12.7 Å². The molecule has 3 nitrogen and oxygen atoms in total. The number of halogens is 1. The van der Waals surface area contributed by atoms with Gasteiger partial charge in [0, 0.05) is 38.4 Å². The summed E-state index contributed by atoms with van der Waals surface area (Å²) >= 11 is 0. The summed E-state index contributed by atoms with van der Waals surface area (Å²) in [5.74, 6) is -0.171. The Morgan fingerprint density at radius 3 is 2.52 bits per heavy atom. The molecular weight excluding hydrogens is 315 g/mol. The number of hydrogen-bond donors (Lipinski definition) is 0. The summed E-state index contributed by atoms with van der Waals surface area (Å²) < 4.78 is 19.1. The zero-order chi connectivity index (χ0) is 17.1. The van der Waals surface area contributed by atoms with Crippen LogP contribution in [0.1, 0.15) is 23.7 Å². The van der Waals surface area contributed by atoms with Crippen molar-refractivity contribution in [1.82, 2.24) is 4.90 Å². The normalized spacial score (nSPS) is 21.2. The minimum atomic E-state index is -0.171. The van der Waals surface area contributed by atoms with Crippen LogP contribution in [0.2, 0.25) is 0 Å². The fraction of sp³-hybridized carbons (Fsp3) is 0.429. The lowest BCUT2D eigenvalue weighted by Crippen LogP contribution is -2.46. The van der Waals surface area contributed by atoms with Gasteiger partial charge in [-0.3, -0.25) is 4.90 Å². The molecule has 0 bridgehead atoms. The first-order chi connectivity index (χ1) is 12.3. The lowest BCUT2D eigenvalue weighted by atomic mass is 9.95. The Morgan fingerprint density at radius 1 is 0.960 bits per heavy atom. The Kier molecular flexibility index (Phi) is 4.99. The Balaban J connectivity index is 1.29. The van der Waals surface area contributed by atoms with Crippen LogP contribution in [-0.4, -0.2) is 44.2 Å². The molecule has 0 radical (unpaired) electrons. The van der Waals surface area contributed by atoms with Crippen LogP contribution in [0.3, 0.4) is 0 Å². The van der Waals surface area contributed by atoms with E-state index in [1.54, 1.807) is 12.1 Å². The van der Waals surface area contributed by atoms with E-state index in [9.17, 15) is 4.39 Å². The van der Waals surface area contributed by atoms with Crippen LogP contribution in [0.4, 0.5) is 10.1 Å². The van der Waals surface area contributed by atoms with Crippen LogP contribution in [0.25, 0.3) is 0 Å². The monoisotopic (exact) mass is 340 g/mol. The van der Waals surface area contributed by atoms with Crippen LogP contribution < -0.4 is 4.90 Å². The van der Waals surface area contributed by atoms with Gasteiger partial charge in [-0.15, -0.1) is 0 Å². The summed E-state index contributed by atoms with van der Waals surface area (Å²) in [5.41, 5.74) is 3.93. The summed E-state index contributed by atoms with van der Waals surface area (Å²) in [6.07, 6.45) is 2.32. The van der Waals surface area contributed by atoms with Crippen LogP contribution in [-0.2, 0) is 11.2 Å². The molecule has 0 N–H and O–H groups in total. The fourth-order valence-corrected chi connectivity index (χ4v) is 3.90. The van der Waals surface area contributed by atoms with Crippen molar-refractivity contribution in [2.45, 2.75) is 18.9 Å². The van der Waals surface area contributed by atoms with Gasteiger partial charge in [-0.05, 0) is 48.2 Å². The third-order valence-electron chi connectivity index (χ3n) is 5.36. The third kappa shape index (κ3) is 3.86. The quantitative estimate of drug-likeness (QED) is 0.845. The van der Waals surface area contributed by atoms with Gasteiger partial charge in [-0.25, -0.2) is 4.39 Å². The largest absolute Gasteiger partial charge is 0.373 e. The molecule has 132 valence electrons. The van der Waals surface area contributed by atoms with Gasteiger partial charge in [0.25, 0.3) is 0 Å². The topological polar surface area (TPSA) is 15.7 Å². The van der Waals surface area contributed by atoms with E-state index in [4.69, 9.17) is 4.74 Å². The third-order valence-corrected chi connectivity index (χ3v) is 5.36. The van der Waals surface area contributed by atoms with Crippen LogP contribution >= 0.6 is 0 Å². The van der Waals surface area contributed by atoms with Gasteiger partial charge in [0.2, 0.25) is 0 Å². The molecule has 4 rings (SSSR count). The average molecular weight is 340 g/mol. The highest BCUT2D eigenvalue weighted by Crippen LogP contribution is 2.29. The van der Waals surface area contributed by atoms with E-state index in [1.165, 1.54) is 11.1 Å². The summed E-state index contributed by atoms with van der Waals surface area (Å²) in [6, 6.07) is 15.5. The maximum Gasteiger partial charge on any atom is 0.123 e. The smallest absolute Gasteiger partial charge is 0.123 e. The van der Waals surface area contributed by atoms with Crippen molar-refractivity contribution >= 4 is 5.69 Å². The molecule has 0 aliphatic carbocycles. The molecule has 2 aliphatic rings. The number of anilines is 1. The SMILES string of the molecule is Fc1ccc(N2CCN(CC[C@@H]3OCCc4ccccc43)CC2)cc1. The number of fused-ring (bicyclic) bond motifs is 1. The molecule has 0 unspecified atom stereocenters. The van der Waals surface area contributed by atoms with E-state index in [0.29, 0.717) is 0 Å². The van der Waals surface area contributed by atoms with Crippen molar-refractivity contribution in [2.24, 2.45) is 0 Å². The number of hydrogen-bond acceptors (Lipinski definition) is 3. The molecule has 2 aliphatic heterocycles. The van der Waals surface area contributed by atoms with Crippen molar-refractivity contribution in [3.63, 3.8) is 0 Å². The molecule has 1 fully saturated rings. The van der Waals surface area contributed by atoms with Crippen molar-refractivity contribution < 1.29 is 9.13 Å². The van der Waals surface area contributed by atoms with Gasteiger partial charge in [0.1, 0.15) is 5.82 Å². The van der Waals surface area contributed by atoms with E-state index in [-0.39, 0.29) is 11.9 Å². The first-order valence-corrected chi connectivity index (χ1v) is 9.22. The van der Waals surface area contributed by atoms with Gasteiger partial charge in [-0.1, -0.05) is 24.3 Å². The predicted molar refractivity (Wildman–Crippen MR) is 98.5 cm³/mol. The molecule has 0 aromatic heterocycles. The molecule has 0 amide bonds. The highest BCUT2D eigenvalue weighted by molar-refractivity contribution is 5.46. The first kappa shape index (κ1) is 16.6. The lowest BCUT2D eigenvalue weighted by molar-refractivity contribution is 0.0289. The van der Waals surface area contributed by atoms with Crippen LogP contribution in [0, 0.1) is 5.82 Å². The summed E-state index contributed by atoms with van der Waals surface area (Å²) in [4.78, 5) is 4.85. The van der Waals surface area contributed by atoms with E-state index < -0.39 is 0 Å². The second-order valence-electron chi connectivity index (χ2n) is 6.90. The standard InChI is InChI=1S/C21H25FN2O/c22-18-5-7-19(8-6-18)24-14-12-23(13-15-24)11-9-21-20-4-2-1-3-17(20)10-16-25-21/h1-8,21H,9-16H2/t21-/m0/s1. The van der Waals surface area contributed by atoms with Gasteiger partial charge in [-0.2, -0.15) is 0 Å². The number of benzene rings is 2. The highest BCUT2D eigenvalue weighted by atomic mass is 19.1. The van der Waals surface area contributed by atoms with Gasteiger partial charge < -0.3 is 9.64 Å². The van der Waals surface area contributed by atoms with Crippen LogP contribution in [0.5, 0.6) is 0 Å². The summed E-state index contributed by atoms with van der Waals surface area (Å²) in [5, 5.41) is 0. The van der Waals surface area contributed by atoms with Crippen molar-refractivity contribution in [2.75, 3.05) is 44.2 Å². The molecule has 4 heteroatoms. The van der Waals surface area contributed by atoms with E-state index in [2.05, 4.69) is 34.1 Å². The Hall–Kier alpha value is -1.91. The number of ether oxygens (including phenoxy) is 1. The molecular formula is C21H25FN2O. The van der Waals surface area contributed by atoms with Crippen LogP contribution in [0.15, 0.2) is 48.5 Å². The average Bonchev–Trinajstić information content (AvgIpc) is 2.67. The minimum absolute atomic E-state index is 0.171. The zero-order valence-electron chi connectivity index (χ0n) is 14.5. The van der Waals surface area contributed by atoms with Crippen molar-refractivity contribution in [3.8, 4) is 0 Å². The zero-order valence-corrected chi connectivity index (χ0v) is 14.5. The number of nitrogens with zero attached hydrogens (tertiary/aromatic N) is 2. The Morgan fingerprint density at radius 2 is 1.72 bits per heavy atom. The van der Waals surface area contributed by atoms with E-state index in [1.807, 2.05) is 12.1 Å². The van der Waals surface area contributed by atoms with E-state index in [0.717, 1.165) is 57.9 Å². The molecule has 2 aromatic carbocycles. The summed E-state index contributed by atoms with van der Waals surface area (Å²) in [7, 11) is 0. The molecule has 0 saturated carbocycles. The molecule has 25 heavy (non-hydrogen) atoms. The first-order valence-electron chi connectivity index (χ1n) is 9.22. The van der Waals surface area contributed by atoms with Gasteiger partial charge >= 0.3 is 0 Å².